The van der Waals surface area contributed by atoms with E-state index in [1.807, 2.05) is 6.92 Å². The number of nitrogens with zero attached hydrogens (tertiary/aromatic N) is 1. The van der Waals surface area contributed by atoms with Crippen molar-refractivity contribution >= 4 is 11.9 Å². The second-order valence-corrected chi connectivity index (χ2v) is 6.27. The Morgan fingerprint density at radius 3 is 2.00 bits per heavy atom. The maximum atomic E-state index is 13.0. The Labute approximate surface area is 142 Å². The molecule has 2 rings (SSSR count). The predicted octanol–water partition coefficient (Wildman–Crippen LogP) is 2.87. The van der Waals surface area contributed by atoms with Crippen LogP contribution in [-0.4, -0.2) is 48.7 Å². The Balaban J connectivity index is 2.41. The first kappa shape index (κ1) is 18.1. The maximum Gasteiger partial charge on any atom is 0.329 e. The molecule has 1 amide bonds. The highest BCUT2D eigenvalue weighted by atomic mass is 16.5. The van der Waals surface area contributed by atoms with Gasteiger partial charge in [0.15, 0.2) is 0 Å². The zero-order valence-corrected chi connectivity index (χ0v) is 14.7. The first-order valence-electron chi connectivity index (χ1n) is 8.11. The zero-order valence-electron chi connectivity index (χ0n) is 14.7. The van der Waals surface area contributed by atoms with Crippen LogP contribution in [0.2, 0.25) is 0 Å². The first-order valence-corrected chi connectivity index (χ1v) is 8.11. The lowest BCUT2D eigenvalue weighted by Crippen LogP contribution is -2.56. The van der Waals surface area contributed by atoms with Crippen molar-refractivity contribution in [3.05, 3.63) is 23.3 Å². The molecule has 0 unspecified atom stereocenters. The molecule has 0 bridgehead atoms. The number of carbonyl (C=O) groups is 2. The van der Waals surface area contributed by atoms with E-state index in [9.17, 15) is 14.7 Å². The summed E-state index contributed by atoms with van der Waals surface area (Å²) in [6.07, 6.45) is 3.58. The summed E-state index contributed by atoms with van der Waals surface area (Å²) in [7, 11) is 4.62. The van der Waals surface area contributed by atoms with Crippen LogP contribution < -0.4 is 9.47 Å². The normalized spacial score (nSPS) is 16.3. The van der Waals surface area contributed by atoms with Crippen LogP contribution in [0.1, 0.15) is 48.0 Å². The van der Waals surface area contributed by atoms with E-state index in [1.54, 1.807) is 19.2 Å². The van der Waals surface area contributed by atoms with E-state index >= 15 is 0 Å². The average Bonchev–Trinajstić information content (AvgIpc) is 2.61. The summed E-state index contributed by atoms with van der Waals surface area (Å²) >= 11 is 0. The quantitative estimate of drug-likeness (QED) is 0.895. The molecule has 0 radical (unpaired) electrons. The van der Waals surface area contributed by atoms with E-state index in [0.29, 0.717) is 29.9 Å². The van der Waals surface area contributed by atoms with E-state index in [2.05, 4.69) is 0 Å². The zero-order chi connectivity index (χ0) is 17.9. The van der Waals surface area contributed by atoms with Crippen LogP contribution >= 0.6 is 0 Å². The van der Waals surface area contributed by atoms with Crippen molar-refractivity contribution in [2.75, 3.05) is 21.3 Å². The maximum absolute atomic E-state index is 13.0. The van der Waals surface area contributed by atoms with Crippen molar-refractivity contribution in [1.82, 2.24) is 4.90 Å². The minimum Gasteiger partial charge on any atom is -0.496 e. The number of hydrogen-bond donors (Lipinski definition) is 1. The molecule has 1 saturated carbocycles. The summed E-state index contributed by atoms with van der Waals surface area (Å²) < 4.78 is 10.6. The molecule has 0 aliphatic heterocycles. The highest BCUT2D eigenvalue weighted by molar-refractivity contribution is 5.98. The van der Waals surface area contributed by atoms with Gasteiger partial charge in [0, 0.05) is 18.2 Å². The third kappa shape index (κ3) is 3.05. The molecule has 0 atom stereocenters. The molecular formula is C18H25NO5. The Morgan fingerprint density at radius 1 is 1.08 bits per heavy atom. The molecule has 1 aliphatic carbocycles. The molecule has 6 heteroatoms. The Hall–Kier alpha value is -2.24. The third-order valence-corrected chi connectivity index (χ3v) is 5.02. The second kappa shape index (κ2) is 7.11. The van der Waals surface area contributed by atoms with Crippen molar-refractivity contribution in [3.8, 4) is 11.5 Å². The molecule has 0 aromatic heterocycles. The molecule has 1 N–H and O–H groups in total. The van der Waals surface area contributed by atoms with Gasteiger partial charge in [-0.15, -0.1) is 0 Å². The van der Waals surface area contributed by atoms with Crippen molar-refractivity contribution in [2.24, 2.45) is 0 Å². The summed E-state index contributed by atoms with van der Waals surface area (Å²) in [6, 6.07) is 3.27. The molecule has 0 heterocycles. The number of hydrogen-bond acceptors (Lipinski definition) is 4. The van der Waals surface area contributed by atoms with Crippen molar-refractivity contribution in [2.45, 2.75) is 44.6 Å². The minimum atomic E-state index is -1.14. The van der Waals surface area contributed by atoms with Crippen LogP contribution in [0.25, 0.3) is 0 Å². The number of carbonyl (C=O) groups excluding carboxylic acids is 1. The van der Waals surface area contributed by atoms with E-state index in [1.165, 1.54) is 19.1 Å². The largest absolute Gasteiger partial charge is 0.496 e. The SMILES string of the molecule is COc1cc(C(=O)N(C)C2(C(=O)O)CCCCC2)cc(OC)c1C. The van der Waals surface area contributed by atoms with Crippen LogP contribution in [0, 0.1) is 6.92 Å². The van der Waals surface area contributed by atoms with Gasteiger partial charge in [-0.05, 0) is 31.9 Å². The van der Waals surface area contributed by atoms with Gasteiger partial charge in [-0.1, -0.05) is 19.3 Å². The van der Waals surface area contributed by atoms with Crippen molar-refractivity contribution in [3.63, 3.8) is 0 Å². The van der Waals surface area contributed by atoms with Crippen molar-refractivity contribution in [1.29, 1.82) is 0 Å². The summed E-state index contributed by atoms with van der Waals surface area (Å²) in [5.41, 5.74) is 0.0218. The average molecular weight is 335 g/mol. The smallest absolute Gasteiger partial charge is 0.329 e. The number of aliphatic carboxylic acids is 1. The summed E-state index contributed by atoms with van der Waals surface area (Å²) in [4.78, 5) is 26.2. The highest BCUT2D eigenvalue weighted by Gasteiger charge is 2.45. The Morgan fingerprint density at radius 2 is 1.58 bits per heavy atom. The monoisotopic (exact) mass is 335 g/mol. The van der Waals surface area contributed by atoms with Gasteiger partial charge in [-0.25, -0.2) is 4.79 Å². The molecule has 1 aliphatic rings. The molecule has 1 fully saturated rings. The second-order valence-electron chi connectivity index (χ2n) is 6.27. The minimum absolute atomic E-state index is 0.337. The van der Waals surface area contributed by atoms with Gasteiger partial charge < -0.3 is 19.5 Å². The van der Waals surface area contributed by atoms with Crippen LogP contribution in [-0.2, 0) is 4.79 Å². The van der Waals surface area contributed by atoms with Gasteiger partial charge in [0.25, 0.3) is 5.91 Å². The van der Waals surface area contributed by atoms with Gasteiger partial charge in [-0.2, -0.15) is 0 Å². The topological polar surface area (TPSA) is 76.1 Å². The number of ether oxygens (including phenoxy) is 2. The number of amides is 1. The van der Waals surface area contributed by atoms with E-state index < -0.39 is 11.5 Å². The number of rotatable bonds is 5. The van der Waals surface area contributed by atoms with Gasteiger partial charge in [0.2, 0.25) is 0 Å². The molecule has 0 spiro atoms. The predicted molar refractivity (Wildman–Crippen MR) is 89.8 cm³/mol. The fourth-order valence-electron chi connectivity index (χ4n) is 3.43. The van der Waals surface area contributed by atoms with Gasteiger partial charge in [0.05, 0.1) is 14.2 Å². The van der Waals surface area contributed by atoms with Gasteiger partial charge in [0.1, 0.15) is 17.0 Å². The number of benzene rings is 1. The number of methoxy groups -OCH3 is 2. The molecule has 24 heavy (non-hydrogen) atoms. The van der Waals surface area contributed by atoms with Crippen LogP contribution in [0.4, 0.5) is 0 Å². The lowest BCUT2D eigenvalue weighted by atomic mass is 9.80. The van der Waals surface area contributed by atoms with Crippen molar-refractivity contribution < 1.29 is 24.2 Å². The molecule has 132 valence electrons. The van der Waals surface area contributed by atoms with Crippen LogP contribution in [0.15, 0.2) is 12.1 Å². The molecule has 0 saturated heterocycles. The molecule has 6 nitrogen and oxygen atoms in total. The summed E-state index contributed by atoms with van der Waals surface area (Å²) in [5, 5.41) is 9.76. The van der Waals surface area contributed by atoms with Gasteiger partial charge in [-0.3, -0.25) is 4.79 Å². The third-order valence-electron chi connectivity index (χ3n) is 5.02. The molecule has 1 aromatic rings. The Kier molecular flexibility index (Phi) is 5.36. The van der Waals surface area contributed by atoms with E-state index in [-0.39, 0.29) is 5.91 Å². The number of carboxylic acids is 1. The summed E-state index contributed by atoms with van der Waals surface area (Å²) in [6.45, 7) is 1.84. The Bertz CT molecular complexity index is 609. The molecular weight excluding hydrogens is 310 g/mol. The van der Waals surface area contributed by atoms with Crippen LogP contribution in [0.3, 0.4) is 0 Å². The fraction of sp³-hybridized carbons (Fsp3) is 0.556. The number of likely N-dealkylation sites (N-methyl/N-ethyl adjacent to an activating group) is 1. The van der Waals surface area contributed by atoms with Gasteiger partial charge >= 0.3 is 5.97 Å². The standard InChI is InChI=1S/C18H25NO5/c1-12-14(23-3)10-13(11-15(12)24-4)16(20)19(2)18(17(21)22)8-6-5-7-9-18/h10-11H,5-9H2,1-4H3,(H,21,22). The van der Waals surface area contributed by atoms with E-state index in [4.69, 9.17) is 9.47 Å². The fourth-order valence-corrected chi connectivity index (χ4v) is 3.43. The van der Waals surface area contributed by atoms with Crippen LogP contribution in [0.5, 0.6) is 11.5 Å². The molecule has 1 aromatic carbocycles. The first-order chi connectivity index (χ1) is 11.4. The number of carboxylic acid groups (broad SMARTS) is 1. The van der Waals surface area contributed by atoms with E-state index in [0.717, 1.165) is 24.8 Å². The lowest BCUT2D eigenvalue weighted by Gasteiger charge is -2.41. The lowest BCUT2D eigenvalue weighted by molar-refractivity contribution is -0.151. The summed E-state index contributed by atoms with van der Waals surface area (Å²) in [5.74, 6) is -0.196. The highest BCUT2D eigenvalue weighted by Crippen LogP contribution is 2.36.